The molecule has 2 aromatic carbocycles. The number of nitrogen functional groups attached to an aromatic ring is 1. The number of anilines is 2. The quantitative estimate of drug-likeness (QED) is 0.708. The Bertz CT molecular complexity index is 440. The van der Waals surface area contributed by atoms with Gasteiger partial charge in [0.2, 0.25) is 0 Å². The molecule has 0 bridgehead atoms. The van der Waals surface area contributed by atoms with Crippen LogP contribution in [0.3, 0.4) is 0 Å². The van der Waals surface area contributed by atoms with Crippen molar-refractivity contribution in [3.8, 4) is 0 Å². The maximum Gasteiger partial charge on any atom is 0.0629 e. The molecule has 3 heteroatoms. The van der Waals surface area contributed by atoms with Gasteiger partial charge in [-0.15, -0.1) is 12.4 Å². The van der Waals surface area contributed by atoms with Gasteiger partial charge in [0, 0.05) is 12.4 Å². The van der Waals surface area contributed by atoms with E-state index in [1.54, 1.807) is 0 Å². The number of nitrogens with one attached hydrogen (secondary N) is 1. The van der Waals surface area contributed by atoms with E-state index in [9.17, 15) is 0 Å². The van der Waals surface area contributed by atoms with Crippen LogP contribution >= 0.6 is 12.4 Å². The maximum absolute atomic E-state index is 5.97. The third-order valence-corrected chi connectivity index (χ3v) is 2.24. The van der Waals surface area contributed by atoms with Crippen LogP contribution in [0.2, 0.25) is 0 Å². The summed E-state index contributed by atoms with van der Waals surface area (Å²) in [5.41, 5.74) is 7.77. The van der Waals surface area contributed by atoms with Crippen molar-refractivity contribution >= 4 is 34.6 Å². The highest BCUT2D eigenvalue weighted by molar-refractivity contribution is 5.98. The average Bonchev–Trinajstić information content (AvgIpc) is 2.19. The minimum absolute atomic E-state index is 0. The summed E-state index contributed by atoms with van der Waals surface area (Å²) in [4.78, 5) is 0. The molecule has 0 saturated carbocycles. The van der Waals surface area contributed by atoms with Gasteiger partial charge in [0.1, 0.15) is 0 Å². The highest BCUT2D eigenvalue weighted by atomic mass is 35.5. The Balaban J connectivity index is 0.000000980. The Hall–Kier alpha value is -1.41. The van der Waals surface area contributed by atoms with Crippen LogP contribution in [0.25, 0.3) is 10.8 Å². The monoisotopic (exact) mass is 208 g/mol. The van der Waals surface area contributed by atoms with Crippen LogP contribution in [0.4, 0.5) is 11.4 Å². The van der Waals surface area contributed by atoms with E-state index in [4.69, 9.17) is 5.73 Å². The fourth-order valence-corrected chi connectivity index (χ4v) is 1.51. The molecule has 0 aliphatic rings. The van der Waals surface area contributed by atoms with Crippen LogP contribution in [0.15, 0.2) is 36.4 Å². The van der Waals surface area contributed by atoms with E-state index in [1.807, 2.05) is 31.3 Å². The van der Waals surface area contributed by atoms with E-state index in [0.717, 1.165) is 16.8 Å². The summed E-state index contributed by atoms with van der Waals surface area (Å²) in [6, 6.07) is 12.2. The number of fused-ring (bicyclic) bond motifs is 1. The summed E-state index contributed by atoms with van der Waals surface area (Å²) in [5, 5.41) is 5.35. The van der Waals surface area contributed by atoms with Gasteiger partial charge in [0.05, 0.1) is 11.4 Å². The van der Waals surface area contributed by atoms with Crippen molar-refractivity contribution in [1.29, 1.82) is 0 Å². The summed E-state index contributed by atoms with van der Waals surface area (Å²) < 4.78 is 0. The van der Waals surface area contributed by atoms with Crippen LogP contribution < -0.4 is 11.1 Å². The SMILES string of the molecule is CNc1ccc2ccccc2c1N.Cl. The van der Waals surface area contributed by atoms with E-state index < -0.39 is 0 Å². The first-order chi connectivity index (χ1) is 6.33. The number of nitrogens with two attached hydrogens (primary N) is 1. The van der Waals surface area contributed by atoms with Gasteiger partial charge < -0.3 is 11.1 Å². The molecule has 0 amide bonds. The Kier molecular flexibility index (Phi) is 3.20. The Labute approximate surface area is 89.5 Å². The van der Waals surface area contributed by atoms with Gasteiger partial charge in [-0.2, -0.15) is 0 Å². The predicted molar refractivity (Wildman–Crippen MR) is 65.2 cm³/mol. The highest BCUT2D eigenvalue weighted by Crippen LogP contribution is 2.27. The molecule has 0 fully saturated rings. The standard InChI is InChI=1S/C11H12N2.ClH/c1-13-10-7-6-8-4-2-3-5-9(8)11(10)12;/h2-7,13H,12H2,1H3;1H. The smallest absolute Gasteiger partial charge is 0.0629 e. The summed E-state index contributed by atoms with van der Waals surface area (Å²) in [7, 11) is 1.88. The average molecular weight is 209 g/mol. The molecule has 0 unspecified atom stereocenters. The molecule has 0 atom stereocenters. The van der Waals surface area contributed by atoms with Gasteiger partial charge in [-0.1, -0.05) is 30.3 Å². The van der Waals surface area contributed by atoms with Crippen molar-refractivity contribution < 1.29 is 0 Å². The second-order valence-electron chi connectivity index (χ2n) is 3.00. The Morgan fingerprint density at radius 1 is 1.07 bits per heavy atom. The van der Waals surface area contributed by atoms with Crippen LogP contribution in [0.1, 0.15) is 0 Å². The Morgan fingerprint density at radius 2 is 1.79 bits per heavy atom. The lowest BCUT2D eigenvalue weighted by Crippen LogP contribution is -1.95. The van der Waals surface area contributed by atoms with E-state index >= 15 is 0 Å². The number of hydrogen-bond donors (Lipinski definition) is 2. The van der Waals surface area contributed by atoms with Crippen LogP contribution in [-0.2, 0) is 0 Å². The third-order valence-electron chi connectivity index (χ3n) is 2.24. The van der Waals surface area contributed by atoms with Crippen molar-refractivity contribution in [3.63, 3.8) is 0 Å². The first-order valence-electron chi connectivity index (χ1n) is 4.28. The second-order valence-corrected chi connectivity index (χ2v) is 3.00. The fourth-order valence-electron chi connectivity index (χ4n) is 1.51. The fraction of sp³-hybridized carbons (Fsp3) is 0.0909. The molecule has 3 N–H and O–H groups in total. The number of rotatable bonds is 1. The topological polar surface area (TPSA) is 38.0 Å². The van der Waals surface area contributed by atoms with Gasteiger partial charge >= 0.3 is 0 Å². The molecule has 14 heavy (non-hydrogen) atoms. The third kappa shape index (κ3) is 1.61. The molecular weight excluding hydrogens is 196 g/mol. The first-order valence-corrected chi connectivity index (χ1v) is 4.28. The molecule has 0 heterocycles. The van der Waals surface area contributed by atoms with Gasteiger partial charge in [-0.3, -0.25) is 0 Å². The molecule has 2 rings (SSSR count). The Morgan fingerprint density at radius 3 is 2.50 bits per heavy atom. The molecule has 2 aromatic rings. The summed E-state index contributed by atoms with van der Waals surface area (Å²) in [5.74, 6) is 0. The molecule has 0 spiro atoms. The zero-order chi connectivity index (χ0) is 9.26. The largest absolute Gasteiger partial charge is 0.397 e. The van der Waals surface area contributed by atoms with Crippen molar-refractivity contribution in [2.24, 2.45) is 0 Å². The minimum atomic E-state index is 0. The van der Waals surface area contributed by atoms with Crippen molar-refractivity contribution in [3.05, 3.63) is 36.4 Å². The highest BCUT2D eigenvalue weighted by Gasteiger charge is 2.00. The van der Waals surface area contributed by atoms with Crippen molar-refractivity contribution in [1.82, 2.24) is 0 Å². The zero-order valence-electron chi connectivity index (χ0n) is 7.95. The van der Waals surface area contributed by atoms with Gasteiger partial charge in [-0.05, 0) is 11.5 Å². The lowest BCUT2D eigenvalue weighted by atomic mass is 10.1. The molecule has 2 nitrogen and oxygen atoms in total. The predicted octanol–water partition coefficient (Wildman–Crippen LogP) is 2.89. The van der Waals surface area contributed by atoms with Crippen molar-refractivity contribution in [2.75, 3.05) is 18.1 Å². The molecule has 0 aliphatic heterocycles. The first kappa shape index (κ1) is 10.7. The molecule has 0 aromatic heterocycles. The van der Waals surface area contributed by atoms with Gasteiger partial charge in [0.15, 0.2) is 0 Å². The van der Waals surface area contributed by atoms with E-state index in [-0.39, 0.29) is 12.4 Å². The molecule has 74 valence electrons. The zero-order valence-corrected chi connectivity index (χ0v) is 8.77. The molecule has 0 saturated heterocycles. The van der Waals surface area contributed by atoms with Crippen LogP contribution in [0.5, 0.6) is 0 Å². The molecule has 0 aliphatic carbocycles. The van der Waals surface area contributed by atoms with Crippen molar-refractivity contribution in [2.45, 2.75) is 0 Å². The number of hydrogen-bond acceptors (Lipinski definition) is 2. The van der Waals surface area contributed by atoms with E-state index in [0.29, 0.717) is 0 Å². The molecular formula is C11H13ClN2. The lowest BCUT2D eigenvalue weighted by Gasteiger charge is -2.07. The second kappa shape index (κ2) is 4.20. The van der Waals surface area contributed by atoms with E-state index in [1.165, 1.54) is 5.39 Å². The summed E-state index contributed by atoms with van der Waals surface area (Å²) >= 11 is 0. The number of benzene rings is 2. The maximum atomic E-state index is 5.97. The van der Waals surface area contributed by atoms with Crippen LogP contribution in [0, 0.1) is 0 Å². The van der Waals surface area contributed by atoms with Gasteiger partial charge in [0.25, 0.3) is 0 Å². The normalized spacial score (nSPS) is 9.50. The summed E-state index contributed by atoms with van der Waals surface area (Å²) in [6.45, 7) is 0. The summed E-state index contributed by atoms with van der Waals surface area (Å²) in [6.07, 6.45) is 0. The van der Waals surface area contributed by atoms with Crippen LogP contribution in [-0.4, -0.2) is 7.05 Å². The van der Waals surface area contributed by atoms with E-state index in [2.05, 4.69) is 17.4 Å². The lowest BCUT2D eigenvalue weighted by molar-refractivity contribution is 1.53. The molecule has 0 radical (unpaired) electrons. The minimum Gasteiger partial charge on any atom is -0.397 e. The number of halogens is 1. The van der Waals surface area contributed by atoms with Gasteiger partial charge in [-0.25, -0.2) is 0 Å².